The van der Waals surface area contributed by atoms with E-state index in [4.69, 9.17) is 0 Å². The van der Waals surface area contributed by atoms with E-state index in [2.05, 4.69) is 61.9 Å². The average Bonchev–Trinajstić information content (AvgIpc) is 2.62. The zero-order valence-electron chi connectivity index (χ0n) is 10.1. The number of benzene rings is 1. The van der Waals surface area contributed by atoms with Crippen LogP contribution >= 0.6 is 0 Å². The van der Waals surface area contributed by atoms with Crippen LogP contribution in [0.5, 0.6) is 0 Å². The first-order valence-corrected chi connectivity index (χ1v) is 5.61. The fraction of sp³-hybridized carbons (Fsp3) is 0.333. The Balaban J connectivity index is 2.17. The van der Waals surface area contributed by atoms with Gasteiger partial charge in [-0.25, -0.2) is 0 Å². The molecule has 16 heavy (non-hydrogen) atoms. The summed E-state index contributed by atoms with van der Waals surface area (Å²) >= 11 is 0. The lowest BCUT2D eigenvalue weighted by Gasteiger charge is -2.06. The summed E-state index contributed by atoms with van der Waals surface area (Å²) in [5.74, 6) is 6.49. The van der Waals surface area contributed by atoms with Crippen molar-refractivity contribution >= 4 is 10.9 Å². The first-order chi connectivity index (χ1) is 7.54. The van der Waals surface area contributed by atoms with Crippen molar-refractivity contribution in [3.63, 3.8) is 0 Å². The van der Waals surface area contributed by atoms with E-state index in [0.29, 0.717) is 0 Å². The number of hydrogen-bond acceptors (Lipinski definition) is 0. The molecule has 2 rings (SSSR count). The summed E-state index contributed by atoms with van der Waals surface area (Å²) in [6.45, 7) is 6.40. The molecule has 0 saturated carbocycles. The van der Waals surface area contributed by atoms with E-state index in [1.807, 2.05) is 6.20 Å². The highest BCUT2D eigenvalue weighted by atomic mass is 14.7. The van der Waals surface area contributed by atoms with E-state index in [9.17, 15) is 0 Å². The maximum Gasteiger partial charge on any atom is 0.0457 e. The van der Waals surface area contributed by atoms with Crippen molar-refractivity contribution in [3.8, 4) is 11.8 Å². The molecule has 0 saturated heterocycles. The van der Waals surface area contributed by atoms with Gasteiger partial charge in [-0.2, -0.15) is 0 Å². The van der Waals surface area contributed by atoms with Gasteiger partial charge < -0.3 is 4.98 Å². The van der Waals surface area contributed by atoms with Crippen LogP contribution in [0, 0.1) is 17.3 Å². The number of hydrogen-bond donors (Lipinski definition) is 1. The minimum atomic E-state index is 0.0938. The van der Waals surface area contributed by atoms with Crippen LogP contribution < -0.4 is 0 Å². The van der Waals surface area contributed by atoms with Crippen LogP contribution in [0.25, 0.3) is 10.9 Å². The molecule has 1 N–H and O–H groups in total. The molecule has 1 aromatic heterocycles. The van der Waals surface area contributed by atoms with Crippen molar-refractivity contribution in [1.82, 2.24) is 4.98 Å². The zero-order valence-corrected chi connectivity index (χ0v) is 10.1. The second-order valence-corrected chi connectivity index (χ2v) is 5.13. The molecule has 1 aromatic carbocycles. The molecule has 0 fully saturated rings. The van der Waals surface area contributed by atoms with E-state index in [-0.39, 0.29) is 5.41 Å². The number of fused-ring (bicyclic) bond motifs is 1. The maximum atomic E-state index is 3.25. The van der Waals surface area contributed by atoms with Gasteiger partial charge in [0.1, 0.15) is 0 Å². The Morgan fingerprint density at radius 3 is 2.75 bits per heavy atom. The highest BCUT2D eigenvalue weighted by Gasteiger charge is 2.03. The van der Waals surface area contributed by atoms with Crippen molar-refractivity contribution < 1.29 is 0 Å². The summed E-state index contributed by atoms with van der Waals surface area (Å²) in [5, 5.41) is 1.26. The fourth-order valence-corrected chi connectivity index (χ4v) is 1.62. The number of rotatable bonds is 1. The zero-order chi connectivity index (χ0) is 11.6. The molecule has 0 amide bonds. The smallest absolute Gasteiger partial charge is 0.0457 e. The van der Waals surface area contributed by atoms with Gasteiger partial charge in [-0.3, -0.25) is 0 Å². The van der Waals surface area contributed by atoms with Gasteiger partial charge in [0.05, 0.1) is 0 Å². The van der Waals surface area contributed by atoms with Gasteiger partial charge in [-0.1, -0.05) is 24.0 Å². The summed E-state index contributed by atoms with van der Waals surface area (Å²) in [6, 6.07) is 8.54. The summed E-state index contributed by atoms with van der Waals surface area (Å²) in [5.41, 5.74) is 2.55. The molecule has 82 valence electrons. The largest absolute Gasteiger partial charge is 0.361 e. The Labute approximate surface area is 96.9 Å². The molecule has 1 nitrogen and oxygen atoms in total. The van der Waals surface area contributed by atoms with Crippen molar-refractivity contribution in [2.45, 2.75) is 27.2 Å². The molecule has 1 heteroatoms. The third kappa shape index (κ3) is 2.67. The van der Waals surface area contributed by atoms with Crippen LogP contribution in [-0.4, -0.2) is 4.98 Å². The Morgan fingerprint density at radius 2 is 2.00 bits per heavy atom. The van der Waals surface area contributed by atoms with E-state index >= 15 is 0 Å². The lowest BCUT2D eigenvalue weighted by atomic mass is 9.97. The standard InChI is InChI=1S/C15H17N/c1-15(2,3)9-4-5-12-6-7-13-8-10-16-14(13)11-12/h6-8,10-11,16H,5H2,1-3H3. The third-order valence-electron chi connectivity index (χ3n) is 2.38. The fourth-order valence-electron chi connectivity index (χ4n) is 1.62. The van der Waals surface area contributed by atoms with Crippen LogP contribution in [0.3, 0.4) is 0 Å². The predicted molar refractivity (Wildman–Crippen MR) is 69.2 cm³/mol. The van der Waals surface area contributed by atoms with Gasteiger partial charge in [0.15, 0.2) is 0 Å². The average molecular weight is 211 g/mol. The van der Waals surface area contributed by atoms with Crippen molar-refractivity contribution in [2.75, 3.05) is 0 Å². The van der Waals surface area contributed by atoms with Crippen LogP contribution in [0.15, 0.2) is 30.5 Å². The van der Waals surface area contributed by atoms with Crippen molar-refractivity contribution in [2.24, 2.45) is 5.41 Å². The van der Waals surface area contributed by atoms with Gasteiger partial charge in [-0.15, -0.1) is 0 Å². The van der Waals surface area contributed by atoms with Gasteiger partial charge in [0, 0.05) is 23.5 Å². The van der Waals surface area contributed by atoms with E-state index in [1.165, 1.54) is 16.5 Å². The van der Waals surface area contributed by atoms with E-state index in [1.54, 1.807) is 0 Å². The number of nitrogens with one attached hydrogen (secondary N) is 1. The summed E-state index contributed by atoms with van der Waals surface area (Å²) in [4.78, 5) is 3.22. The first kappa shape index (κ1) is 10.8. The summed E-state index contributed by atoms with van der Waals surface area (Å²) < 4.78 is 0. The predicted octanol–water partition coefficient (Wildman–Crippen LogP) is 3.76. The van der Waals surface area contributed by atoms with Crippen LogP contribution in [-0.2, 0) is 6.42 Å². The molecular formula is C15H17N. The second-order valence-electron chi connectivity index (χ2n) is 5.13. The quantitative estimate of drug-likeness (QED) is 0.691. The van der Waals surface area contributed by atoms with Gasteiger partial charge in [0.25, 0.3) is 0 Å². The maximum absolute atomic E-state index is 3.25. The minimum absolute atomic E-state index is 0.0938. The Hall–Kier alpha value is -1.68. The minimum Gasteiger partial charge on any atom is -0.361 e. The number of aromatic amines is 1. The molecule has 0 spiro atoms. The van der Waals surface area contributed by atoms with E-state index < -0.39 is 0 Å². The van der Waals surface area contributed by atoms with Crippen molar-refractivity contribution in [3.05, 3.63) is 36.0 Å². The highest BCUT2D eigenvalue weighted by molar-refractivity contribution is 5.79. The lowest BCUT2D eigenvalue weighted by molar-refractivity contribution is 0.570. The normalized spacial score (nSPS) is 11.2. The second kappa shape index (κ2) is 4.06. The third-order valence-corrected chi connectivity index (χ3v) is 2.38. The molecule has 0 aliphatic heterocycles. The van der Waals surface area contributed by atoms with Gasteiger partial charge in [0.2, 0.25) is 0 Å². The van der Waals surface area contributed by atoms with Crippen molar-refractivity contribution in [1.29, 1.82) is 0 Å². The van der Waals surface area contributed by atoms with Crippen LogP contribution in [0.4, 0.5) is 0 Å². The summed E-state index contributed by atoms with van der Waals surface area (Å²) in [7, 11) is 0. The molecule has 0 aliphatic carbocycles. The molecule has 0 bridgehead atoms. The SMILES string of the molecule is CC(C)(C)C#CCc1ccc2cc[nH]c2c1. The molecule has 0 atom stereocenters. The van der Waals surface area contributed by atoms with Gasteiger partial charge in [-0.05, 0) is 43.9 Å². The van der Waals surface area contributed by atoms with Gasteiger partial charge >= 0.3 is 0 Å². The summed E-state index contributed by atoms with van der Waals surface area (Å²) in [6.07, 6.45) is 2.79. The lowest BCUT2D eigenvalue weighted by Crippen LogP contribution is -1.99. The Bertz CT molecular complexity index is 544. The number of H-pyrrole nitrogens is 1. The van der Waals surface area contributed by atoms with E-state index in [0.717, 1.165) is 6.42 Å². The molecule has 0 unspecified atom stereocenters. The topological polar surface area (TPSA) is 15.8 Å². The Morgan fingerprint density at radius 1 is 1.19 bits per heavy atom. The monoisotopic (exact) mass is 211 g/mol. The molecule has 1 heterocycles. The number of aromatic nitrogens is 1. The highest BCUT2D eigenvalue weighted by Crippen LogP contribution is 2.15. The Kier molecular flexibility index (Phi) is 2.75. The molecule has 0 aliphatic rings. The molecule has 2 aromatic rings. The van der Waals surface area contributed by atoms with Crippen LogP contribution in [0.2, 0.25) is 0 Å². The molecule has 0 radical (unpaired) electrons. The first-order valence-electron chi connectivity index (χ1n) is 5.61. The van der Waals surface area contributed by atoms with Crippen LogP contribution in [0.1, 0.15) is 26.3 Å². The molecular weight excluding hydrogens is 194 g/mol.